The molecule has 1 unspecified atom stereocenters. The van der Waals surface area contributed by atoms with Crippen molar-refractivity contribution in [2.75, 3.05) is 18.1 Å². The molecule has 6 rings (SSSR count). The third-order valence-corrected chi connectivity index (χ3v) is 7.02. The molecule has 1 saturated heterocycles. The van der Waals surface area contributed by atoms with Crippen LogP contribution in [0.2, 0.25) is 0 Å². The van der Waals surface area contributed by atoms with Gasteiger partial charge >= 0.3 is 0 Å². The highest BCUT2D eigenvalue weighted by Gasteiger charge is 2.32. The monoisotopic (exact) mass is 445 g/mol. The van der Waals surface area contributed by atoms with Gasteiger partial charge in [0, 0.05) is 18.4 Å². The number of ether oxygens (including phenoxy) is 1. The average Bonchev–Trinajstić information content (AvgIpc) is 3.61. The van der Waals surface area contributed by atoms with Gasteiger partial charge in [0.1, 0.15) is 24.2 Å². The molecule has 33 heavy (non-hydrogen) atoms. The molecule has 0 amide bonds. The summed E-state index contributed by atoms with van der Waals surface area (Å²) in [5.41, 5.74) is 4.73. The van der Waals surface area contributed by atoms with Crippen LogP contribution in [0.5, 0.6) is 5.75 Å². The molecule has 4 aromatic rings. The lowest BCUT2D eigenvalue weighted by Crippen LogP contribution is -2.35. The molecule has 1 aromatic carbocycles. The Balaban J connectivity index is 1.18. The van der Waals surface area contributed by atoms with Gasteiger partial charge in [-0.3, -0.25) is 5.10 Å². The zero-order valence-electron chi connectivity index (χ0n) is 18.3. The van der Waals surface area contributed by atoms with Crippen molar-refractivity contribution < 1.29 is 9.84 Å². The van der Waals surface area contributed by atoms with Gasteiger partial charge in [-0.15, -0.1) is 0 Å². The minimum Gasteiger partial charge on any atom is -0.491 e. The predicted molar refractivity (Wildman–Crippen MR) is 123 cm³/mol. The molecule has 4 heterocycles. The Kier molecular flexibility index (Phi) is 5.18. The molecule has 1 aliphatic heterocycles. The van der Waals surface area contributed by atoms with Crippen molar-refractivity contribution in [1.82, 2.24) is 30.1 Å². The SMILES string of the molecule is OC1c2cccc(OC[C@H]3CCCN3c3ncnc4nc[nH]c34)c2CC[C@@H]1Cc1ccn[nH]1. The second-order valence-electron chi connectivity index (χ2n) is 8.95. The summed E-state index contributed by atoms with van der Waals surface area (Å²) < 4.78 is 6.38. The van der Waals surface area contributed by atoms with Crippen molar-refractivity contribution in [3.05, 3.63) is 59.9 Å². The Morgan fingerprint density at radius 1 is 1.15 bits per heavy atom. The number of aromatic nitrogens is 6. The van der Waals surface area contributed by atoms with E-state index in [0.29, 0.717) is 12.3 Å². The molecule has 0 spiro atoms. The summed E-state index contributed by atoms with van der Waals surface area (Å²) in [7, 11) is 0. The summed E-state index contributed by atoms with van der Waals surface area (Å²) in [4.78, 5) is 18.5. The first kappa shape index (κ1) is 20.2. The number of aromatic amines is 2. The first-order valence-electron chi connectivity index (χ1n) is 11.6. The second kappa shape index (κ2) is 8.47. The zero-order valence-corrected chi connectivity index (χ0v) is 18.3. The van der Waals surface area contributed by atoms with Crippen LogP contribution in [0.3, 0.4) is 0 Å². The molecule has 9 heteroatoms. The van der Waals surface area contributed by atoms with Crippen molar-refractivity contribution in [2.24, 2.45) is 5.92 Å². The van der Waals surface area contributed by atoms with Crippen molar-refractivity contribution >= 4 is 17.0 Å². The molecule has 2 aliphatic rings. The van der Waals surface area contributed by atoms with Gasteiger partial charge in [0.25, 0.3) is 0 Å². The van der Waals surface area contributed by atoms with Crippen LogP contribution in [0.15, 0.2) is 43.1 Å². The lowest BCUT2D eigenvalue weighted by Gasteiger charge is -2.31. The van der Waals surface area contributed by atoms with Crippen LogP contribution < -0.4 is 9.64 Å². The normalized spacial score (nSPS) is 22.6. The highest BCUT2D eigenvalue weighted by atomic mass is 16.5. The number of rotatable bonds is 6. The third kappa shape index (κ3) is 3.72. The first-order valence-corrected chi connectivity index (χ1v) is 11.6. The van der Waals surface area contributed by atoms with E-state index in [2.05, 4.69) is 35.0 Å². The van der Waals surface area contributed by atoms with E-state index in [4.69, 9.17) is 4.74 Å². The standard InChI is InChI=1S/C24H27N7O2/c32-22-15(11-16-8-9-29-30-16)6-7-18-19(22)4-1-5-20(18)33-12-17-3-2-10-31(17)24-21-23(26-13-25-21)27-14-28-24/h1,4-5,8-9,13-15,17,22,32H,2-3,6-7,10-12H2,(H,29,30)(H,25,26,27,28)/t15-,17-,22?/m1/s1. The Hall–Kier alpha value is -3.46. The van der Waals surface area contributed by atoms with Crippen LogP contribution in [0.25, 0.3) is 11.2 Å². The van der Waals surface area contributed by atoms with E-state index in [9.17, 15) is 5.11 Å². The van der Waals surface area contributed by atoms with E-state index < -0.39 is 6.10 Å². The number of fused-ring (bicyclic) bond motifs is 2. The Bertz CT molecular complexity index is 1240. The third-order valence-electron chi connectivity index (χ3n) is 7.02. The maximum atomic E-state index is 11.1. The first-order chi connectivity index (χ1) is 16.3. The highest BCUT2D eigenvalue weighted by molar-refractivity contribution is 5.83. The van der Waals surface area contributed by atoms with E-state index in [1.165, 1.54) is 0 Å². The molecule has 3 atom stereocenters. The van der Waals surface area contributed by atoms with Gasteiger partial charge in [0.15, 0.2) is 11.5 Å². The Morgan fingerprint density at radius 3 is 3.03 bits per heavy atom. The van der Waals surface area contributed by atoms with Crippen molar-refractivity contribution in [3.8, 4) is 5.75 Å². The molecule has 0 radical (unpaired) electrons. The summed E-state index contributed by atoms with van der Waals surface area (Å²) in [6.45, 7) is 1.50. The fraction of sp³-hybridized carbons (Fsp3) is 0.417. The average molecular weight is 446 g/mol. The van der Waals surface area contributed by atoms with E-state index in [-0.39, 0.29) is 12.0 Å². The number of hydrogen-bond donors (Lipinski definition) is 3. The fourth-order valence-corrected chi connectivity index (χ4v) is 5.34. The maximum absolute atomic E-state index is 11.1. The summed E-state index contributed by atoms with van der Waals surface area (Å²) in [6, 6.07) is 8.25. The van der Waals surface area contributed by atoms with Crippen molar-refractivity contribution in [1.29, 1.82) is 0 Å². The number of aliphatic hydroxyl groups is 1. The van der Waals surface area contributed by atoms with E-state index >= 15 is 0 Å². The van der Waals surface area contributed by atoms with Gasteiger partial charge < -0.3 is 19.7 Å². The van der Waals surface area contributed by atoms with Crippen LogP contribution in [-0.2, 0) is 12.8 Å². The van der Waals surface area contributed by atoms with E-state index in [1.807, 2.05) is 24.3 Å². The minimum absolute atomic E-state index is 0.174. The second-order valence-corrected chi connectivity index (χ2v) is 8.95. The van der Waals surface area contributed by atoms with Gasteiger partial charge in [0.2, 0.25) is 0 Å². The van der Waals surface area contributed by atoms with Crippen molar-refractivity contribution in [2.45, 2.75) is 44.2 Å². The number of nitrogens with one attached hydrogen (secondary N) is 2. The van der Waals surface area contributed by atoms with Crippen LogP contribution >= 0.6 is 0 Å². The number of H-pyrrole nitrogens is 2. The number of imidazole rings is 1. The van der Waals surface area contributed by atoms with Crippen LogP contribution in [-0.4, -0.2) is 54.4 Å². The number of aliphatic hydroxyl groups excluding tert-OH is 1. The highest BCUT2D eigenvalue weighted by Crippen LogP contribution is 2.40. The van der Waals surface area contributed by atoms with Gasteiger partial charge in [-0.25, -0.2) is 15.0 Å². The van der Waals surface area contributed by atoms with Gasteiger partial charge in [-0.2, -0.15) is 5.10 Å². The minimum atomic E-state index is -0.502. The number of benzene rings is 1. The zero-order chi connectivity index (χ0) is 22.2. The molecular formula is C24H27N7O2. The molecule has 170 valence electrons. The largest absolute Gasteiger partial charge is 0.491 e. The molecule has 3 N–H and O–H groups in total. The lowest BCUT2D eigenvalue weighted by molar-refractivity contribution is 0.0920. The van der Waals surface area contributed by atoms with Gasteiger partial charge in [-0.05, 0) is 61.3 Å². The topological polar surface area (TPSA) is 116 Å². The number of hydrogen-bond acceptors (Lipinski definition) is 7. The lowest BCUT2D eigenvalue weighted by atomic mass is 9.79. The van der Waals surface area contributed by atoms with E-state index in [0.717, 1.165) is 72.6 Å². The molecule has 3 aromatic heterocycles. The fourth-order valence-electron chi connectivity index (χ4n) is 5.34. The van der Waals surface area contributed by atoms with Crippen LogP contribution in [0, 0.1) is 5.92 Å². The maximum Gasteiger partial charge on any atom is 0.182 e. The summed E-state index contributed by atoms with van der Waals surface area (Å²) in [5.74, 6) is 1.94. The Morgan fingerprint density at radius 2 is 2.12 bits per heavy atom. The number of anilines is 1. The number of nitrogens with zero attached hydrogens (tertiary/aromatic N) is 5. The molecule has 0 saturated carbocycles. The summed E-state index contributed by atoms with van der Waals surface area (Å²) in [5, 5.41) is 18.1. The summed E-state index contributed by atoms with van der Waals surface area (Å²) >= 11 is 0. The molecule has 1 aliphatic carbocycles. The predicted octanol–water partition coefficient (Wildman–Crippen LogP) is 2.96. The molecule has 1 fully saturated rings. The summed E-state index contributed by atoms with van der Waals surface area (Å²) in [6.07, 6.45) is 9.24. The smallest absolute Gasteiger partial charge is 0.182 e. The van der Waals surface area contributed by atoms with Crippen LogP contribution in [0.1, 0.15) is 42.2 Å². The molecule has 9 nitrogen and oxygen atoms in total. The van der Waals surface area contributed by atoms with Gasteiger partial charge in [0.05, 0.1) is 18.5 Å². The van der Waals surface area contributed by atoms with Gasteiger partial charge in [-0.1, -0.05) is 12.1 Å². The van der Waals surface area contributed by atoms with E-state index in [1.54, 1.807) is 18.9 Å². The van der Waals surface area contributed by atoms with Crippen molar-refractivity contribution in [3.63, 3.8) is 0 Å². The Labute approximate surface area is 191 Å². The molecule has 0 bridgehead atoms. The van der Waals surface area contributed by atoms with Crippen LogP contribution in [0.4, 0.5) is 5.82 Å². The quantitative estimate of drug-likeness (QED) is 0.418. The molecular weight excluding hydrogens is 418 g/mol.